The summed E-state index contributed by atoms with van der Waals surface area (Å²) in [6.45, 7) is 4.88. The Morgan fingerprint density at radius 3 is 2.70 bits per heavy atom. The van der Waals surface area contributed by atoms with Crippen molar-refractivity contribution in [2.24, 2.45) is 0 Å². The first kappa shape index (κ1) is 15.5. The summed E-state index contributed by atoms with van der Waals surface area (Å²) in [5, 5.41) is 5.51. The number of nitrogen functional groups attached to an aromatic ring is 1. The molecule has 0 saturated heterocycles. The summed E-state index contributed by atoms with van der Waals surface area (Å²) in [6.07, 6.45) is 0. The van der Waals surface area contributed by atoms with Crippen molar-refractivity contribution in [2.75, 3.05) is 5.73 Å². The molecule has 2 aromatic rings. The number of nitrogens with zero attached hydrogens (tertiary/aromatic N) is 2. The van der Waals surface area contributed by atoms with Crippen LogP contribution in [-0.4, -0.2) is 9.78 Å². The van der Waals surface area contributed by atoms with Gasteiger partial charge in [0, 0.05) is 11.6 Å². The maximum Gasteiger partial charge on any atom is 0.157 e. The fraction of sp³-hybridized carbons (Fsp3) is 0.308. The smallest absolute Gasteiger partial charge is 0.157 e. The Morgan fingerprint density at radius 1 is 1.40 bits per heavy atom. The average Bonchev–Trinajstić information content (AvgIpc) is 2.64. The van der Waals surface area contributed by atoms with Crippen LogP contribution in [0.15, 0.2) is 16.6 Å². The number of nitrogens with two attached hydrogens (primary N) is 1. The normalized spacial score (nSPS) is 10.8. The lowest BCUT2D eigenvalue weighted by Crippen LogP contribution is -2.07. The van der Waals surface area contributed by atoms with Gasteiger partial charge in [0.1, 0.15) is 6.61 Å². The van der Waals surface area contributed by atoms with Crippen LogP contribution < -0.4 is 10.5 Å². The summed E-state index contributed by atoms with van der Waals surface area (Å²) in [7, 11) is 0. The van der Waals surface area contributed by atoms with Crippen LogP contribution in [0.2, 0.25) is 10.0 Å². The van der Waals surface area contributed by atoms with E-state index in [1.165, 1.54) is 0 Å². The van der Waals surface area contributed by atoms with Gasteiger partial charge in [0.2, 0.25) is 0 Å². The van der Waals surface area contributed by atoms with Crippen molar-refractivity contribution >= 4 is 44.8 Å². The number of hydrogen-bond acceptors (Lipinski definition) is 3. The molecule has 1 aromatic heterocycles. The van der Waals surface area contributed by atoms with Crippen LogP contribution in [0, 0.1) is 6.92 Å². The van der Waals surface area contributed by atoms with Gasteiger partial charge in [-0.2, -0.15) is 5.10 Å². The molecule has 7 heteroatoms. The average molecular weight is 379 g/mol. The van der Waals surface area contributed by atoms with Crippen molar-refractivity contribution in [2.45, 2.75) is 27.0 Å². The highest BCUT2D eigenvalue weighted by Gasteiger charge is 2.15. The highest BCUT2D eigenvalue weighted by Crippen LogP contribution is 2.35. The second-order valence-electron chi connectivity index (χ2n) is 4.26. The molecular weight excluding hydrogens is 365 g/mol. The number of halogens is 3. The van der Waals surface area contributed by atoms with Gasteiger partial charge < -0.3 is 10.5 Å². The summed E-state index contributed by atoms with van der Waals surface area (Å²) in [4.78, 5) is 0. The van der Waals surface area contributed by atoms with Crippen molar-refractivity contribution in [1.29, 1.82) is 0 Å². The molecule has 0 radical (unpaired) electrons. The molecule has 1 aromatic carbocycles. The van der Waals surface area contributed by atoms with Gasteiger partial charge in [-0.3, -0.25) is 4.68 Å². The van der Waals surface area contributed by atoms with Gasteiger partial charge in [-0.1, -0.05) is 23.2 Å². The third-order valence-electron chi connectivity index (χ3n) is 2.84. The van der Waals surface area contributed by atoms with Gasteiger partial charge >= 0.3 is 0 Å². The van der Waals surface area contributed by atoms with Crippen LogP contribution in [0.3, 0.4) is 0 Å². The lowest BCUT2D eigenvalue weighted by atomic mass is 10.3. The van der Waals surface area contributed by atoms with E-state index in [1.54, 1.807) is 12.1 Å². The Bertz CT molecular complexity index is 620. The zero-order valence-electron chi connectivity index (χ0n) is 11.1. The Balaban J connectivity index is 2.26. The Kier molecular flexibility index (Phi) is 4.83. The van der Waals surface area contributed by atoms with Crippen LogP contribution in [0.25, 0.3) is 0 Å². The van der Waals surface area contributed by atoms with Crippen molar-refractivity contribution in [3.05, 3.63) is 38.0 Å². The quantitative estimate of drug-likeness (QED) is 0.800. The summed E-state index contributed by atoms with van der Waals surface area (Å²) < 4.78 is 8.29. The van der Waals surface area contributed by atoms with Crippen molar-refractivity contribution in [3.8, 4) is 5.75 Å². The predicted molar refractivity (Wildman–Crippen MR) is 85.5 cm³/mol. The summed E-state index contributed by atoms with van der Waals surface area (Å²) in [5.41, 5.74) is 7.99. The van der Waals surface area contributed by atoms with E-state index in [1.807, 2.05) is 18.5 Å². The maximum absolute atomic E-state index is 6.24. The van der Waals surface area contributed by atoms with E-state index in [2.05, 4.69) is 21.0 Å². The summed E-state index contributed by atoms with van der Waals surface area (Å²) in [6, 6.07) is 3.38. The van der Waals surface area contributed by atoms with Crippen molar-refractivity contribution in [3.63, 3.8) is 0 Å². The third-order valence-corrected chi connectivity index (χ3v) is 4.14. The Labute approximate surface area is 135 Å². The minimum Gasteiger partial charge on any atom is -0.484 e. The van der Waals surface area contributed by atoms with Gasteiger partial charge in [-0.25, -0.2) is 0 Å². The standard InChI is InChI=1S/C13H14BrCl2N3O/c1-3-19-11(12(16)7(2)18-19)6-20-13-9(14)4-8(15)5-10(13)17/h4-5H,3,6,17H2,1-2H3. The molecule has 0 amide bonds. The number of anilines is 1. The van der Waals surface area contributed by atoms with E-state index in [0.717, 1.165) is 17.9 Å². The van der Waals surface area contributed by atoms with Crippen LogP contribution in [0.1, 0.15) is 18.3 Å². The highest BCUT2D eigenvalue weighted by molar-refractivity contribution is 9.10. The first-order valence-electron chi connectivity index (χ1n) is 6.03. The molecule has 0 saturated carbocycles. The van der Waals surface area contributed by atoms with E-state index >= 15 is 0 Å². The molecule has 0 fully saturated rings. The SMILES string of the molecule is CCn1nc(C)c(Cl)c1COc1c(N)cc(Cl)cc1Br. The molecule has 0 aliphatic heterocycles. The van der Waals surface area contributed by atoms with Crippen LogP contribution >= 0.6 is 39.1 Å². The molecule has 0 bridgehead atoms. The van der Waals surface area contributed by atoms with Gasteiger partial charge in [0.15, 0.2) is 5.75 Å². The molecule has 0 aliphatic carbocycles. The molecule has 1 heterocycles. The summed E-state index contributed by atoms with van der Waals surface area (Å²) in [5.74, 6) is 0.548. The van der Waals surface area contributed by atoms with E-state index in [9.17, 15) is 0 Å². The minimum atomic E-state index is 0.290. The molecule has 0 aliphatic rings. The topological polar surface area (TPSA) is 53.1 Å². The number of benzene rings is 1. The largest absolute Gasteiger partial charge is 0.484 e. The van der Waals surface area contributed by atoms with E-state index in [4.69, 9.17) is 33.7 Å². The lowest BCUT2D eigenvalue weighted by Gasteiger charge is -2.12. The Morgan fingerprint density at radius 2 is 2.10 bits per heavy atom. The first-order chi connectivity index (χ1) is 9.43. The molecule has 0 spiro atoms. The zero-order chi connectivity index (χ0) is 14.9. The van der Waals surface area contributed by atoms with Crippen molar-refractivity contribution in [1.82, 2.24) is 9.78 Å². The first-order valence-corrected chi connectivity index (χ1v) is 7.58. The highest BCUT2D eigenvalue weighted by atomic mass is 79.9. The van der Waals surface area contributed by atoms with Crippen molar-refractivity contribution < 1.29 is 4.74 Å². The molecular formula is C13H14BrCl2N3O. The monoisotopic (exact) mass is 377 g/mol. The molecule has 2 N–H and O–H groups in total. The molecule has 20 heavy (non-hydrogen) atoms. The zero-order valence-corrected chi connectivity index (χ0v) is 14.2. The van der Waals surface area contributed by atoms with E-state index < -0.39 is 0 Å². The fourth-order valence-electron chi connectivity index (χ4n) is 1.88. The molecule has 0 unspecified atom stereocenters. The number of ether oxygens (including phenoxy) is 1. The Hall–Kier alpha value is -0.910. The van der Waals surface area contributed by atoms with Crippen LogP contribution in [-0.2, 0) is 13.2 Å². The number of hydrogen-bond donors (Lipinski definition) is 1. The number of aryl methyl sites for hydroxylation is 2. The second-order valence-corrected chi connectivity index (χ2v) is 5.93. The third kappa shape index (κ3) is 3.05. The number of aromatic nitrogens is 2. The minimum absolute atomic E-state index is 0.290. The van der Waals surface area contributed by atoms with Gasteiger partial charge in [-0.05, 0) is 41.9 Å². The van der Waals surface area contributed by atoms with Gasteiger partial charge in [0.25, 0.3) is 0 Å². The molecule has 2 rings (SSSR count). The molecule has 108 valence electrons. The van der Waals surface area contributed by atoms with Gasteiger partial charge in [0.05, 0.1) is 26.6 Å². The number of rotatable bonds is 4. The fourth-order valence-corrected chi connectivity index (χ4v) is 3.02. The summed E-state index contributed by atoms with van der Waals surface area (Å²) >= 11 is 15.5. The molecule has 4 nitrogen and oxygen atoms in total. The second kappa shape index (κ2) is 6.24. The van der Waals surface area contributed by atoms with E-state index in [0.29, 0.717) is 26.0 Å². The predicted octanol–water partition coefficient (Wildman–Crippen LogP) is 4.44. The van der Waals surface area contributed by atoms with Crippen LogP contribution in [0.5, 0.6) is 5.75 Å². The van der Waals surface area contributed by atoms with E-state index in [-0.39, 0.29) is 6.61 Å². The van der Waals surface area contributed by atoms with Gasteiger partial charge in [-0.15, -0.1) is 0 Å². The molecule has 0 atom stereocenters. The van der Waals surface area contributed by atoms with Crippen LogP contribution in [0.4, 0.5) is 5.69 Å². The maximum atomic E-state index is 6.24. The lowest BCUT2D eigenvalue weighted by molar-refractivity contribution is 0.292.